The molecule has 0 saturated heterocycles. The van der Waals surface area contributed by atoms with E-state index in [1.807, 2.05) is 20.0 Å². The molecule has 1 aromatic heterocycles. The van der Waals surface area contributed by atoms with Gasteiger partial charge in [0.25, 0.3) is 0 Å². The number of nitrogens with two attached hydrogens (primary N) is 1. The lowest BCUT2D eigenvalue weighted by molar-refractivity contribution is 0.776. The van der Waals surface area contributed by atoms with Crippen molar-refractivity contribution in [2.24, 2.45) is 5.73 Å². The van der Waals surface area contributed by atoms with Gasteiger partial charge in [-0.2, -0.15) is 0 Å². The van der Waals surface area contributed by atoms with Crippen LogP contribution in [-0.4, -0.2) is 9.97 Å². The third-order valence-corrected chi connectivity index (χ3v) is 3.00. The molecule has 0 aliphatic carbocycles. The van der Waals surface area contributed by atoms with E-state index in [4.69, 9.17) is 5.73 Å². The Morgan fingerprint density at radius 1 is 1.28 bits per heavy atom. The van der Waals surface area contributed by atoms with Gasteiger partial charge in [0.05, 0.1) is 0 Å². The molecule has 0 spiro atoms. The van der Waals surface area contributed by atoms with Crippen LogP contribution in [0.25, 0.3) is 0 Å². The maximum Gasteiger partial charge on any atom is 0.132 e. The molecule has 0 saturated carbocycles. The number of aryl methyl sites for hydroxylation is 2. The zero-order chi connectivity index (χ0) is 13.1. The van der Waals surface area contributed by atoms with Crippen molar-refractivity contribution < 1.29 is 0 Å². The van der Waals surface area contributed by atoms with E-state index in [1.54, 1.807) is 0 Å². The fraction of sp³-hybridized carbons (Fsp3) is 0.333. The van der Waals surface area contributed by atoms with Crippen molar-refractivity contribution in [1.29, 1.82) is 0 Å². The van der Waals surface area contributed by atoms with E-state index in [1.165, 1.54) is 11.1 Å². The predicted molar refractivity (Wildman–Crippen MR) is 73.4 cm³/mol. The van der Waals surface area contributed by atoms with Crippen molar-refractivity contribution in [2.45, 2.75) is 33.2 Å². The average Bonchev–Trinajstić information content (AvgIpc) is 2.28. The molecule has 1 atom stereocenters. The number of aromatic nitrogens is 2. The zero-order valence-electron chi connectivity index (χ0n) is 11.1. The molecule has 2 rings (SSSR count). The molecule has 2 aromatic rings. The molecule has 1 aromatic carbocycles. The molecule has 0 unspecified atom stereocenters. The van der Waals surface area contributed by atoms with E-state index in [0.29, 0.717) is 0 Å². The Morgan fingerprint density at radius 3 is 2.67 bits per heavy atom. The second-order valence-corrected chi connectivity index (χ2v) is 4.78. The van der Waals surface area contributed by atoms with Gasteiger partial charge in [-0.3, -0.25) is 0 Å². The molecule has 0 amide bonds. The van der Waals surface area contributed by atoms with Crippen LogP contribution in [0.3, 0.4) is 0 Å². The Bertz CT molecular complexity index is 547. The lowest BCUT2D eigenvalue weighted by Gasteiger charge is -2.09. The molecule has 0 bridgehead atoms. The van der Waals surface area contributed by atoms with Gasteiger partial charge in [0, 0.05) is 29.9 Å². The number of hydrogen-bond acceptors (Lipinski definition) is 3. The summed E-state index contributed by atoms with van der Waals surface area (Å²) in [6, 6.07) is 8.41. The molecule has 3 heteroatoms. The first-order valence-corrected chi connectivity index (χ1v) is 6.20. The van der Waals surface area contributed by atoms with E-state index in [9.17, 15) is 0 Å². The first-order valence-electron chi connectivity index (χ1n) is 6.20. The number of benzene rings is 1. The third kappa shape index (κ3) is 2.93. The van der Waals surface area contributed by atoms with Crippen molar-refractivity contribution in [2.75, 3.05) is 0 Å². The normalized spacial score (nSPS) is 12.4. The van der Waals surface area contributed by atoms with Crippen molar-refractivity contribution in [3.8, 4) is 0 Å². The minimum Gasteiger partial charge on any atom is -0.324 e. The maximum absolute atomic E-state index is 5.86. The lowest BCUT2D eigenvalue weighted by Crippen LogP contribution is -2.10. The average molecular weight is 241 g/mol. The van der Waals surface area contributed by atoms with Crippen LogP contribution in [0.1, 0.15) is 41.2 Å². The topological polar surface area (TPSA) is 51.8 Å². The van der Waals surface area contributed by atoms with Crippen molar-refractivity contribution in [3.63, 3.8) is 0 Å². The quantitative estimate of drug-likeness (QED) is 0.899. The van der Waals surface area contributed by atoms with Gasteiger partial charge in [0.15, 0.2) is 0 Å². The summed E-state index contributed by atoms with van der Waals surface area (Å²) in [6.07, 6.45) is 2.61. The van der Waals surface area contributed by atoms with Gasteiger partial charge in [-0.25, -0.2) is 9.97 Å². The van der Waals surface area contributed by atoms with Gasteiger partial charge in [-0.15, -0.1) is 0 Å². The Labute approximate surface area is 108 Å². The molecule has 94 valence electrons. The summed E-state index contributed by atoms with van der Waals surface area (Å²) in [5.41, 5.74) is 10.3. The monoisotopic (exact) mass is 241 g/mol. The number of nitrogens with zero attached hydrogens (tertiary/aromatic N) is 2. The lowest BCUT2D eigenvalue weighted by atomic mass is 10.1. The van der Waals surface area contributed by atoms with Crippen molar-refractivity contribution in [1.82, 2.24) is 9.97 Å². The van der Waals surface area contributed by atoms with E-state index in [-0.39, 0.29) is 6.04 Å². The fourth-order valence-corrected chi connectivity index (χ4v) is 2.06. The van der Waals surface area contributed by atoms with Crippen LogP contribution in [0.4, 0.5) is 0 Å². The van der Waals surface area contributed by atoms with Crippen LogP contribution in [-0.2, 0) is 6.42 Å². The highest BCUT2D eigenvalue weighted by molar-refractivity contribution is 5.26. The minimum atomic E-state index is -0.0157. The van der Waals surface area contributed by atoms with E-state index in [2.05, 4.69) is 41.2 Å². The molecular weight excluding hydrogens is 222 g/mol. The molecule has 0 fully saturated rings. The molecule has 1 heterocycles. The predicted octanol–water partition coefficient (Wildman–Crippen LogP) is 2.70. The first kappa shape index (κ1) is 12.7. The van der Waals surface area contributed by atoms with Crippen molar-refractivity contribution in [3.05, 3.63) is 58.7 Å². The Balaban J connectivity index is 2.23. The zero-order valence-corrected chi connectivity index (χ0v) is 11.1. The van der Waals surface area contributed by atoms with Gasteiger partial charge in [-0.05, 0) is 26.3 Å². The molecule has 2 N–H and O–H groups in total. The van der Waals surface area contributed by atoms with Crippen LogP contribution < -0.4 is 5.73 Å². The molecule has 0 aliphatic heterocycles. The van der Waals surface area contributed by atoms with Crippen LogP contribution in [0.15, 0.2) is 30.5 Å². The van der Waals surface area contributed by atoms with Gasteiger partial charge < -0.3 is 5.73 Å². The summed E-state index contributed by atoms with van der Waals surface area (Å²) in [5.74, 6) is 0.850. The van der Waals surface area contributed by atoms with E-state index >= 15 is 0 Å². The summed E-state index contributed by atoms with van der Waals surface area (Å²) in [5, 5.41) is 0. The molecule has 0 radical (unpaired) electrons. The third-order valence-electron chi connectivity index (χ3n) is 3.00. The smallest absolute Gasteiger partial charge is 0.132 e. The number of hydrogen-bond donors (Lipinski definition) is 1. The maximum atomic E-state index is 5.86. The SMILES string of the molecule is Cc1cccc(Cc2ncc([C@@H](C)N)c(C)n2)c1. The summed E-state index contributed by atoms with van der Waals surface area (Å²) < 4.78 is 0. The molecule has 3 nitrogen and oxygen atoms in total. The number of rotatable bonds is 3. The second kappa shape index (κ2) is 5.27. The van der Waals surface area contributed by atoms with Crippen LogP contribution >= 0.6 is 0 Å². The fourth-order valence-electron chi connectivity index (χ4n) is 2.06. The van der Waals surface area contributed by atoms with Gasteiger partial charge in [-0.1, -0.05) is 29.8 Å². The summed E-state index contributed by atoms with van der Waals surface area (Å²) in [4.78, 5) is 8.92. The van der Waals surface area contributed by atoms with E-state index < -0.39 is 0 Å². The molecular formula is C15H19N3. The second-order valence-electron chi connectivity index (χ2n) is 4.78. The van der Waals surface area contributed by atoms with Crippen LogP contribution in [0, 0.1) is 13.8 Å². The van der Waals surface area contributed by atoms with Crippen LogP contribution in [0.2, 0.25) is 0 Å². The summed E-state index contributed by atoms with van der Waals surface area (Å²) in [7, 11) is 0. The summed E-state index contributed by atoms with van der Waals surface area (Å²) in [6.45, 7) is 6.03. The molecule has 0 aliphatic rings. The standard InChI is InChI=1S/C15H19N3/c1-10-5-4-6-13(7-10)8-15-17-9-14(11(2)16)12(3)18-15/h4-7,9,11H,8,16H2,1-3H3/t11-/m1/s1. The van der Waals surface area contributed by atoms with Crippen molar-refractivity contribution >= 4 is 0 Å². The Kier molecular flexibility index (Phi) is 3.72. The first-order chi connectivity index (χ1) is 8.56. The van der Waals surface area contributed by atoms with Crippen LogP contribution in [0.5, 0.6) is 0 Å². The highest BCUT2D eigenvalue weighted by Crippen LogP contribution is 2.14. The van der Waals surface area contributed by atoms with E-state index in [0.717, 1.165) is 23.5 Å². The summed E-state index contributed by atoms with van der Waals surface area (Å²) >= 11 is 0. The van der Waals surface area contributed by atoms with Gasteiger partial charge in [0.1, 0.15) is 5.82 Å². The highest BCUT2D eigenvalue weighted by Gasteiger charge is 2.07. The largest absolute Gasteiger partial charge is 0.324 e. The minimum absolute atomic E-state index is 0.0157. The van der Waals surface area contributed by atoms with Gasteiger partial charge >= 0.3 is 0 Å². The Hall–Kier alpha value is -1.74. The molecule has 18 heavy (non-hydrogen) atoms. The van der Waals surface area contributed by atoms with Gasteiger partial charge in [0.2, 0.25) is 0 Å². The highest BCUT2D eigenvalue weighted by atomic mass is 14.9. The Morgan fingerprint density at radius 2 is 2.06 bits per heavy atom.